The molecule has 2 rings (SSSR count). The van der Waals surface area contributed by atoms with Crippen LogP contribution in [0.4, 0.5) is 4.79 Å². The zero-order valence-corrected chi connectivity index (χ0v) is 18.8. The normalized spacial score (nSPS) is 18.2. The molecule has 32 heavy (non-hydrogen) atoms. The topological polar surface area (TPSA) is 121 Å². The first-order valence-electron chi connectivity index (χ1n) is 10.3. The Morgan fingerprint density at radius 2 is 1.97 bits per heavy atom. The predicted molar refractivity (Wildman–Crippen MR) is 119 cm³/mol. The van der Waals surface area contributed by atoms with Gasteiger partial charge in [0.15, 0.2) is 11.5 Å². The number of carbonyl (C=O) groups is 2. The van der Waals surface area contributed by atoms with Crippen molar-refractivity contribution in [2.75, 3.05) is 33.5 Å². The largest absolute Gasteiger partial charge is 0.493 e. The summed E-state index contributed by atoms with van der Waals surface area (Å²) >= 11 is 0. The summed E-state index contributed by atoms with van der Waals surface area (Å²) < 4.78 is 22.1. The highest BCUT2D eigenvalue weighted by atomic mass is 16.6. The van der Waals surface area contributed by atoms with E-state index in [-0.39, 0.29) is 19.8 Å². The molecule has 1 amide bonds. The van der Waals surface area contributed by atoms with Gasteiger partial charge in [-0.15, -0.1) is 0 Å². The number of amides is 1. The second-order valence-electron chi connectivity index (χ2n) is 7.45. The monoisotopic (exact) mass is 448 g/mol. The summed E-state index contributed by atoms with van der Waals surface area (Å²) in [6, 6.07) is -0.329. The molecule has 9 heteroatoms. The second kappa shape index (κ2) is 11.5. The Labute approximate surface area is 188 Å². The molecule has 176 valence electrons. The number of fused-ring (bicyclic) bond motifs is 1. The first-order chi connectivity index (χ1) is 15.3. The molecule has 0 aromatic heterocycles. The standard InChI is InChI=1S/C23H32N2O7/c1-6-8-30-22-19-16(10-14(3)21(22)29-5)11-17(13-32-15(4)27)25(20(19)18(24)12-26)23(28)31-9-7-2/h6-7,10,17-18,20,26H,1-2,8-9,11-13,24H2,3-5H3/t17?,18-,20?/m0/s1. The lowest BCUT2D eigenvalue weighted by atomic mass is 9.83. The highest BCUT2D eigenvalue weighted by molar-refractivity contribution is 5.72. The number of methoxy groups -OCH3 is 1. The van der Waals surface area contributed by atoms with E-state index in [4.69, 9.17) is 24.7 Å². The second-order valence-corrected chi connectivity index (χ2v) is 7.45. The summed E-state index contributed by atoms with van der Waals surface area (Å²) in [6.07, 6.45) is 2.73. The van der Waals surface area contributed by atoms with E-state index in [0.29, 0.717) is 23.5 Å². The van der Waals surface area contributed by atoms with Crippen molar-refractivity contribution >= 4 is 12.1 Å². The van der Waals surface area contributed by atoms with Crippen molar-refractivity contribution in [3.05, 3.63) is 48.1 Å². The van der Waals surface area contributed by atoms with Gasteiger partial charge in [0.2, 0.25) is 0 Å². The Hall–Kier alpha value is -3.04. The van der Waals surface area contributed by atoms with E-state index in [1.807, 2.05) is 13.0 Å². The van der Waals surface area contributed by atoms with E-state index in [9.17, 15) is 14.7 Å². The Morgan fingerprint density at radius 3 is 2.53 bits per heavy atom. The molecule has 0 radical (unpaired) electrons. The number of hydrogen-bond donors (Lipinski definition) is 2. The summed E-state index contributed by atoms with van der Waals surface area (Å²) in [5.74, 6) is 0.446. The van der Waals surface area contributed by atoms with Crippen molar-refractivity contribution in [1.29, 1.82) is 0 Å². The smallest absolute Gasteiger partial charge is 0.411 e. The van der Waals surface area contributed by atoms with Gasteiger partial charge in [0.1, 0.15) is 19.8 Å². The van der Waals surface area contributed by atoms with Gasteiger partial charge in [-0.2, -0.15) is 0 Å². The van der Waals surface area contributed by atoms with Gasteiger partial charge in [0, 0.05) is 12.5 Å². The predicted octanol–water partition coefficient (Wildman–Crippen LogP) is 2.04. The minimum Gasteiger partial charge on any atom is -0.493 e. The van der Waals surface area contributed by atoms with Crippen LogP contribution in [0.1, 0.15) is 29.7 Å². The van der Waals surface area contributed by atoms with Crippen LogP contribution in [0.3, 0.4) is 0 Å². The molecule has 0 aliphatic carbocycles. The van der Waals surface area contributed by atoms with Crippen LogP contribution in [0.15, 0.2) is 31.4 Å². The van der Waals surface area contributed by atoms with Crippen LogP contribution < -0.4 is 15.2 Å². The van der Waals surface area contributed by atoms with E-state index in [2.05, 4.69) is 13.2 Å². The fourth-order valence-electron chi connectivity index (χ4n) is 3.94. The van der Waals surface area contributed by atoms with Crippen molar-refractivity contribution < 1.29 is 33.6 Å². The molecular weight excluding hydrogens is 416 g/mol. The van der Waals surface area contributed by atoms with Crippen LogP contribution in [-0.2, 0) is 20.7 Å². The number of carbonyl (C=O) groups excluding carboxylic acids is 2. The van der Waals surface area contributed by atoms with Gasteiger partial charge in [0.25, 0.3) is 0 Å². The Bertz CT molecular complexity index is 855. The highest BCUT2D eigenvalue weighted by Crippen LogP contribution is 2.47. The maximum atomic E-state index is 13.1. The van der Waals surface area contributed by atoms with Gasteiger partial charge in [-0.3, -0.25) is 9.69 Å². The van der Waals surface area contributed by atoms with Gasteiger partial charge in [0.05, 0.1) is 31.8 Å². The molecule has 3 N–H and O–H groups in total. The van der Waals surface area contributed by atoms with E-state index >= 15 is 0 Å². The zero-order chi connectivity index (χ0) is 23.8. The fraction of sp³-hybridized carbons (Fsp3) is 0.478. The summed E-state index contributed by atoms with van der Waals surface area (Å²) in [6.45, 7) is 10.2. The van der Waals surface area contributed by atoms with Crippen LogP contribution in [0.5, 0.6) is 11.5 Å². The summed E-state index contributed by atoms with van der Waals surface area (Å²) in [4.78, 5) is 26.0. The minimum atomic E-state index is -0.872. The minimum absolute atomic E-state index is 0.0133. The van der Waals surface area contributed by atoms with Crippen molar-refractivity contribution in [3.63, 3.8) is 0 Å². The van der Waals surface area contributed by atoms with Crippen molar-refractivity contribution in [3.8, 4) is 11.5 Å². The molecule has 1 aromatic carbocycles. The molecule has 9 nitrogen and oxygen atoms in total. The molecule has 0 fully saturated rings. The molecular formula is C23H32N2O7. The number of nitrogens with zero attached hydrogens (tertiary/aromatic N) is 1. The Morgan fingerprint density at radius 1 is 1.28 bits per heavy atom. The first-order valence-corrected chi connectivity index (χ1v) is 10.3. The fourth-order valence-corrected chi connectivity index (χ4v) is 3.94. The molecule has 3 atom stereocenters. The zero-order valence-electron chi connectivity index (χ0n) is 18.8. The molecule has 1 aliphatic heterocycles. The van der Waals surface area contributed by atoms with Gasteiger partial charge < -0.3 is 29.8 Å². The number of benzene rings is 1. The SMILES string of the molecule is C=CCOC(=O)N1C(COC(C)=O)Cc2cc(C)c(OC)c(OCC=C)c2C1[C@@H](N)CO. The third-order valence-corrected chi connectivity index (χ3v) is 5.17. The quantitative estimate of drug-likeness (QED) is 0.412. The van der Waals surface area contributed by atoms with Crippen LogP contribution in [-0.4, -0.2) is 67.7 Å². The lowest BCUT2D eigenvalue weighted by Crippen LogP contribution is -2.55. The number of esters is 1. The lowest BCUT2D eigenvalue weighted by Gasteiger charge is -2.44. The summed E-state index contributed by atoms with van der Waals surface area (Å²) in [5, 5.41) is 9.95. The molecule has 1 aromatic rings. The maximum absolute atomic E-state index is 13.1. The van der Waals surface area contributed by atoms with Crippen molar-refractivity contribution in [2.24, 2.45) is 5.73 Å². The van der Waals surface area contributed by atoms with Crippen LogP contribution in [0, 0.1) is 6.92 Å². The van der Waals surface area contributed by atoms with Gasteiger partial charge >= 0.3 is 12.1 Å². The lowest BCUT2D eigenvalue weighted by molar-refractivity contribution is -0.143. The first kappa shape index (κ1) is 25.2. The van der Waals surface area contributed by atoms with E-state index in [1.54, 1.807) is 6.08 Å². The number of aryl methyl sites for hydroxylation is 1. The third-order valence-electron chi connectivity index (χ3n) is 5.17. The molecule has 1 heterocycles. The Kier molecular flexibility index (Phi) is 9.10. The molecule has 0 saturated carbocycles. The van der Waals surface area contributed by atoms with Crippen LogP contribution >= 0.6 is 0 Å². The summed E-state index contributed by atoms with van der Waals surface area (Å²) in [7, 11) is 1.53. The van der Waals surface area contributed by atoms with Crippen LogP contribution in [0.25, 0.3) is 0 Å². The number of rotatable bonds is 10. The maximum Gasteiger partial charge on any atom is 0.411 e. The number of ether oxygens (including phenoxy) is 4. The number of aliphatic hydroxyl groups is 1. The van der Waals surface area contributed by atoms with Crippen molar-refractivity contribution in [1.82, 2.24) is 4.90 Å². The van der Waals surface area contributed by atoms with E-state index in [1.165, 1.54) is 25.0 Å². The van der Waals surface area contributed by atoms with E-state index in [0.717, 1.165) is 11.1 Å². The molecule has 0 saturated heterocycles. The van der Waals surface area contributed by atoms with Crippen molar-refractivity contribution in [2.45, 2.75) is 38.4 Å². The third kappa shape index (κ3) is 5.41. The number of aliphatic hydroxyl groups excluding tert-OH is 1. The van der Waals surface area contributed by atoms with Gasteiger partial charge in [-0.05, 0) is 24.5 Å². The summed E-state index contributed by atoms with van der Waals surface area (Å²) in [5.41, 5.74) is 8.61. The average molecular weight is 449 g/mol. The number of nitrogens with two attached hydrogens (primary N) is 1. The highest BCUT2D eigenvalue weighted by Gasteiger charge is 2.44. The average Bonchev–Trinajstić information content (AvgIpc) is 2.77. The molecule has 1 aliphatic rings. The molecule has 0 bridgehead atoms. The van der Waals surface area contributed by atoms with Gasteiger partial charge in [-0.1, -0.05) is 31.4 Å². The van der Waals surface area contributed by atoms with Crippen LogP contribution in [0.2, 0.25) is 0 Å². The molecule has 2 unspecified atom stereocenters. The Balaban J connectivity index is 2.72. The number of hydrogen-bond acceptors (Lipinski definition) is 8. The molecule has 0 spiro atoms. The van der Waals surface area contributed by atoms with Gasteiger partial charge in [-0.25, -0.2) is 4.79 Å². The van der Waals surface area contributed by atoms with E-state index < -0.39 is 36.8 Å².